The van der Waals surface area contributed by atoms with Gasteiger partial charge in [-0.05, 0) is 39.5 Å². The summed E-state index contributed by atoms with van der Waals surface area (Å²) in [6.07, 6.45) is -2.01. The molecule has 0 aliphatic carbocycles. The first-order valence-corrected chi connectivity index (χ1v) is 7.63. The van der Waals surface area contributed by atoms with E-state index in [1.807, 2.05) is 20.8 Å². The van der Waals surface area contributed by atoms with E-state index < -0.39 is 17.5 Å². The van der Waals surface area contributed by atoms with Crippen molar-refractivity contribution in [1.82, 2.24) is 14.9 Å². The Balaban J connectivity index is 1.83. The number of alkyl halides is 3. The molecule has 5 nitrogen and oxygen atoms in total. The van der Waals surface area contributed by atoms with E-state index >= 15 is 0 Å². The summed E-state index contributed by atoms with van der Waals surface area (Å²) >= 11 is 0. The number of hydrogen-bond donors (Lipinski definition) is 1. The van der Waals surface area contributed by atoms with Crippen molar-refractivity contribution in [2.24, 2.45) is 5.92 Å². The van der Waals surface area contributed by atoms with Crippen molar-refractivity contribution >= 4 is 6.09 Å². The number of rotatable bonds is 2. The van der Waals surface area contributed by atoms with Crippen LogP contribution < -0.4 is 0 Å². The summed E-state index contributed by atoms with van der Waals surface area (Å²) in [6.45, 7) is 6.53. The van der Waals surface area contributed by atoms with Crippen LogP contribution in [-0.4, -0.2) is 39.7 Å². The number of piperidine rings is 1. The third-order valence-corrected chi connectivity index (χ3v) is 3.68. The zero-order valence-corrected chi connectivity index (χ0v) is 13.5. The lowest BCUT2D eigenvalue weighted by Crippen LogP contribution is -2.42. The maximum atomic E-state index is 12.5. The van der Waals surface area contributed by atoms with Crippen molar-refractivity contribution in [2.45, 2.75) is 51.8 Å². The number of hydrogen-bond acceptors (Lipinski definition) is 3. The van der Waals surface area contributed by atoms with Crippen LogP contribution in [0.15, 0.2) is 6.20 Å². The van der Waals surface area contributed by atoms with Crippen LogP contribution in [0.3, 0.4) is 0 Å². The highest BCUT2D eigenvalue weighted by atomic mass is 19.4. The van der Waals surface area contributed by atoms with Crippen molar-refractivity contribution < 1.29 is 22.7 Å². The number of carbonyl (C=O) groups excluding carboxylic acids is 1. The van der Waals surface area contributed by atoms with E-state index in [1.54, 1.807) is 4.90 Å². The second-order valence-corrected chi connectivity index (χ2v) is 6.86. The first-order chi connectivity index (χ1) is 10.5. The molecular weight excluding hydrogens is 311 g/mol. The van der Waals surface area contributed by atoms with Crippen LogP contribution in [0.2, 0.25) is 0 Å². The number of imidazole rings is 1. The zero-order chi connectivity index (χ0) is 17.3. The number of ether oxygens (including phenoxy) is 1. The van der Waals surface area contributed by atoms with Gasteiger partial charge in [0.25, 0.3) is 0 Å². The molecule has 1 aliphatic rings. The molecule has 8 heteroatoms. The maximum absolute atomic E-state index is 12.5. The fourth-order valence-corrected chi connectivity index (χ4v) is 2.53. The second kappa shape index (κ2) is 6.41. The zero-order valence-electron chi connectivity index (χ0n) is 13.5. The molecule has 0 atom stereocenters. The number of nitrogens with zero attached hydrogens (tertiary/aromatic N) is 2. The Hall–Kier alpha value is -1.73. The van der Waals surface area contributed by atoms with E-state index in [1.165, 1.54) is 0 Å². The van der Waals surface area contributed by atoms with Crippen LogP contribution in [0, 0.1) is 5.92 Å². The Bertz CT molecular complexity index is 541. The molecule has 1 saturated heterocycles. The van der Waals surface area contributed by atoms with E-state index in [4.69, 9.17) is 4.74 Å². The van der Waals surface area contributed by atoms with Gasteiger partial charge in [-0.1, -0.05) is 0 Å². The number of aromatic nitrogens is 2. The SMILES string of the molecule is CC(C)(C)OC(=O)N1CCC(Cc2ncc(C(F)(F)F)[nH]2)CC1. The van der Waals surface area contributed by atoms with Crippen molar-refractivity contribution in [3.05, 3.63) is 17.7 Å². The molecule has 0 bridgehead atoms. The van der Waals surface area contributed by atoms with Gasteiger partial charge in [-0.3, -0.25) is 0 Å². The molecule has 1 amide bonds. The molecule has 130 valence electrons. The summed E-state index contributed by atoms with van der Waals surface area (Å²) in [4.78, 5) is 19.7. The van der Waals surface area contributed by atoms with Crippen molar-refractivity contribution in [3.8, 4) is 0 Å². The molecule has 0 unspecified atom stereocenters. The van der Waals surface area contributed by atoms with Gasteiger partial charge in [-0.15, -0.1) is 0 Å². The molecule has 1 aromatic heterocycles. The van der Waals surface area contributed by atoms with Gasteiger partial charge in [0.05, 0.1) is 6.20 Å². The highest BCUT2D eigenvalue weighted by Crippen LogP contribution is 2.28. The van der Waals surface area contributed by atoms with Gasteiger partial charge in [0.1, 0.15) is 17.1 Å². The topological polar surface area (TPSA) is 58.2 Å². The molecule has 1 N–H and O–H groups in total. The minimum Gasteiger partial charge on any atom is -0.444 e. The molecule has 1 fully saturated rings. The fourth-order valence-electron chi connectivity index (χ4n) is 2.53. The number of halogens is 3. The summed E-state index contributed by atoms with van der Waals surface area (Å²) in [6, 6.07) is 0. The highest BCUT2D eigenvalue weighted by Gasteiger charge is 2.33. The monoisotopic (exact) mass is 333 g/mol. The highest BCUT2D eigenvalue weighted by molar-refractivity contribution is 5.68. The molecule has 0 radical (unpaired) electrons. The maximum Gasteiger partial charge on any atom is 0.432 e. The number of nitrogens with one attached hydrogen (secondary N) is 1. The smallest absolute Gasteiger partial charge is 0.432 e. The first-order valence-electron chi connectivity index (χ1n) is 7.63. The molecule has 1 aromatic rings. The predicted octanol–water partition coefficient (Wildman–Crippen LogP) is 3.62. The van der Waals surface area contributed by atoms with Gasteiger partial charge in [-0.25, -0.2) is 9.78 Å². The van der Waals surface area contributed by atoms with E-state index in [9.17, 15) is 18.0 Å². The first kappa shape index (κ1) is 17.6. The standard InChI is InChI=1S/C15H22F3N3O2/c1-14(2,3)23-13(22)21-6-4-10(5-7-21)8-12-19-9-11(20-12)15(16,17)18/h9-10H,4-8H2,1-3H3,(H,19,20). The molecular formula is C15H22F3N3O2. The van der Waals surface area contributed by atoms with E-state index in [0.29, 0.717) is 25.3 Å². The summed E-state index contributed by atoms with van der Waals surface area (Å²) in [5.74, 6) is 0.550. The Morgan fingerprint density at radius 3 is 2.43 bits per heavy atom. The van der Waals surface area contributed by atoms with Crippen molar-refractivity contribution in [3.63, 3.8) is 0 Å². The van der Waals surface area contributed by atoms with Crippen molar-refractivity contribution in [2.75, 3.05) is 13.1 Å². The Morgan fingerprint density at radius 2 is 1.96 bits per heavy atom. The number of H-pyrrole nitrogens is 1. The molecule has 0 aromatic carbocycles. The lowest BCUT2D eigenvalue weighted by molar-refractivity contribution is -0.141. The molecule has 0 saturated carbocycles. The van der Waals surface area contributed by atoms with Gasteiger partial charge in [0.15, 0.2) is 0 Å². The minimum absolute atomic E-state index is 0.209. The van der Waals surface area contributed by atoms with E-state index in [2.05, 4.69) is 9.97 Å². The van der Waals surface area contributed by atoms with E-state index in [0.717, 1.165) is 19.0 Å². The molecule has 0 spiro atoms. The van der Waals surface area contributed by atoms with Crippen LogP contribution in [-0.2, 0) is 17.3 Å². The summed E-state index contributed by atoms with van der Waals surface area (Å²) in [5, 5.41) is 0. The largest absolute Gasteiger partial charge is 0.444 e. The van der Waals surface area contributed by atoms with E-state index in [-0.39, 0.29) is 12.0 Å². The van der Waals surface area contributed by atoms with Crippen molar-refractivity contribution in [1.29, 1.82) is 0 Å². The van der Waals surface area contributed by atoms with Crippen LogP contribution in [0.4, 0.5) is 18.0 Å². The summed E-state index contributed by atoms with van der Waals surface area (Å²) in [7, 11) is 0. The Morgan fingerprint density at radius 1 is 1.35 bits per heavy atom. The normalized spacial score (nSPS) is 17.4. The van der Waals surface area contributed by atoms with Gasteiger partial charge < -0.3 is 14.6 Å². The van der Waals surface area contributed by atoms with Crippen LogP contribution in [0.5, 0.6) is 0 Å². The van der Waals surface area contributed by atoms with Gasteiger partial charge in [0.2, 0.25) is 0 Å². The number of carbonyl (C=O) groups is 1. The predicted molar refractivity (Wildman–Crippen MR) is 77.8 cm³/mol. The molecule has 23 heavy (non-hydrogen) atoms. The Kier molecular flexibility index (Phi) is 4.91. The average Bonchev–Trinajstić information content (AvgIpc) is 2.86. The molecule has 2 heterocycles. The summed E-state index contributed by atoms with van der Waals surface area (Å²) in [5.41, 5.74) is -1.35. The lowest BCUT2D eigenvalue weighted by Gasteiger charge is -2.33. The van der Waals surface area contributed by atoms with Gasteiger partial charge >= 0.3 is 12.3 Å². The minimum atomic E-state index is -4.40. The third kappa shape index (κ3) is 5.14. The molecule has 1 aliphatic heterocycles. The average molecular weight is 333 g/mol. The third-order valence-electron chi connectivity index (χ3n) is 3.68. The Labute approximate surface area is 133 Å². The van der Waals surface area contributed by atoms with Crippen LogP contribution in [0.1, 0.15) is 45.1 Å². The van der Waals surface area contributed by atoms with Crippen LogP contribution >= 0.6 is 0 Å². The van der Waals surface area contributed by atoms with Gasteiger partial charge in [0, 0.05) is 19.5 Å². The summed E-state index contributed by atoms with van der Waals surface area (Å²) < 4.78 is 42.9. The second-order valence-electron chi connectivity index (χ2n) is 6.86. The quantitative estimate of drug-likeness (QED) is 0.899. The molecule has 2 rings (SSSR count). The van der Waals surface area contributed by atoms with Gasteiger partial charge in [-0.2, -0.15) is 13.2 Å². The number of likely N-dealkylation sites (tertiary alicyclic amines) is 1. The fraction of sp³-hybridized carbons (Fsp3) is 0.733. The number of amides is 1. The number of aromatic amines is 1. The van der Waals surface area contributed by atoms with Crippen LogP contribution in [0.25, 0.3) is 0 Å². The lowest BCUT2D eigenvalue weighted by atomic mass is 9.93.